The van der Waals surface area contributed by atoms with Gasteiger partial charge in [0, 0.05) is 29.3 Å². The lowest BCUT2D eigenvalue weighted by molar-refractivity contribution is -0.668. The van der Waals surface area contributed by atoms with Crippen molar-refractivity contribution in [1.82, 2.24) is 0 Å². The zero-order valence-electron chi connectivity index (χ0n) is 15.3. The molecule has 0 atom stereocenters. The van der Waals surface area contributed by atoms with Crippen LogP contribution in [0, 0.1) is 0 Å². The molecule has 4 rings (SSSR count). The van der Waals surface area contributed by atoms with Crippen LogP contribution in [0.5, 0.6) is 5.75 Å². The SMILES string of the molecule is COc1ccc2cc(/C=C/c3ccc4ccccc4[n+]3CCS)ccc2c1. The van der Waals surface area contributed by atoms with Gasteiger partial charge in [-0.1, -0.05) is 30.3 Å². The van der Waals surface area contributed by atoms with Gasteiger partial charge < -0.3 is 4.74 Å². The van der Waals surface area contributed by atoms with Crippen molar-refractivity contribution in [2.24, 2.45) is 0 Å². The lowest BCUT2D eigenvalue weighted by Gasteiger charge is -2.05. The third-order valence-corrected chi connectivity index (χ3v) is 5.01. The van der Waals surface area contributed by atoms with Crippen molar-refractivity contribution in [3.8, 4) is 5.75 Å². The number of methoxy groups -OCH3 is 1. The Morgan fingerprint density at radius 1 is 0.852 bits per heavy atom. The summed E-state index contributed by atoms with van der Waals surface area (Å²) < 4.78 is 7.63. The third kappa shape index (κ3) is 3.69. The molecule has 4 aromatic rings. The molecule has 1 aromatic heterocycles. The van der Waals surface area contributed by atoms with E-state index in [4.69, 9.17) is 4.74 Å². The third-order valence-electron chi connectivity index (χ3n) is 4.81. The molecule has 27 heavy (non-hydrogen) atoms. The Bertz CT molecular complexity index is 1130. The normalized spacial score (nSPS) is 11.5. The summed E-state index contributed by atoms with van der Waals surface area (Å²) in [5.41, 5.74) is 3.59. The number of nitrogens with zero attached hydrogens (tertiary/aromatic N) is 1. The first-order valence-corrected chi connectivity index (χ1v) is 9.70. The van der Waals surface area contributed by atoms with Crippen molar-refractivity contribution in [1.29, 1.82) is 0 Å². The van der Waals surface area contributed by atoms with Gasteiger partial charge in [0.1, 0.15) is 5.75 Å². The number of para-hydroxylation sites is 1. The molecule has 0 N–H and O–H groups in total. The monoisotopic (exact) mass is 372 g/mol. The number of aromatic nitrogens is 1. The quantitative estimate of drug-likeness (QED) is 0.366. The van der Waals surface area contributed by atoms with E-state index in [2.05, 4.69) is 96.1 Å². The predicted octanol–water partition coefficient (Wildman–Crippen LogP) is 5.39. The van der Waals surface area contributed by atoms with Gasteiger partial charge in [-0.25, -0.2) is 0 Å². The van der Waals surface area contributed by atoms with Gasteiger partial charge in [0.05, 0.1) is 7.11 Å². The van der Waals surface area contributed by atoms with E-state index in [0.717, 1.165) is 18.0 Å². The van der Waals surface area contributed by atoms with Gasteiger partial charge in [0.15, 0.2) is 6.54 Å². The number of thiol groups is 1. The topological polar surface area (TPSA) is 13.1 Å². The standard InChI is InChI=1S/C24H21NOS/c1-26-23-13-10-20-16-18(6-8-21(20)17-23)7-11-22-12-9-19-4-2-3-5-24(19)25(22)14-15-27/h2-13,16-17H,14-15H2,1H3/p+1/b11-7+. The second kappa shape index (κ2) is 7.85. The minimum absolute atomic E-state index is 0.803. The number of fused-ring (bicyclic) bond motifs is 2. The molecule has 3 aromatic carbocycles. The van der Waals surface area contributed by atoms with Crippen LogP contribution in [0.25, 0.3) is 33.8 Å². The highest BCUT2D eigenvalue weighted by molar-refractivity contribution is 7.80. The van der Waals surface area contributed by atoms with Crippen LogP contribution >= 0.6 is 12.6 Å². The van der Waals surface area contributed by atoms with Crippen LogP contribution in [-0.4, -0.2) is 12.9 Å². The van der Waals surface area contributed by atoms with Crippen molar-refractivity contribution in [2.45, 2.75) is 6.54 Å². The first kappa shape index (κ1) is 17.6. The van der Waals surface area contributed by atoms with Crippen LogP contribution in [0.1, 0.15) is 11.3 Å². The van der Waals surface area contributed by atoms with E-state index < -0.39 is 0 Å². The molecule has 0 amide bonds. The van der Waals surface area contributed by atoms with E-state index in [1.807, 2.05) is 6.07 Å². The molecular weight excluding hydrogens is 350 g/mol. The smallest absolute Gasteiger partial charge is 0.212 e. The van der Waals surface area contributed by atoms with E-state index in [9.17, 15) is 0 Å². The van der Waals surface area contributed by atoms with E-state index in [1.54, 1.807) is 7.11 Å². The maximum atomic E-state index is 5.31. The summed E-state index contributed by atoms with van der Waals surface area (Å²) in [6.07, 6.45) is 4.35. The first-order chi connectivity index (χ1) is 13.3. The number of rotatable bonds is 5. The molecule has 0 saturated carbocycles. The highest BCUT2D eigenvalue weighted by atomic mass is 32.1. The summed E-state index contributed by atoms with van der Waals surface area (Å²) in [7, 11) is 1.70. The predicted molar refractivity (Wildman–Crippen MR) is 117 cm³/mol. The van der Waals surface area contributed by atoms with Gasteiger partial charge >= 0.3 is 0 Å². The van der Waals surface area contributed by atoms with E-state index in [0.29, 0.717) is 0 Å². The molecule has 134 valence electrons. The highest BCUT2D eigenvalue weighted by Crippen LogP contribution is 2.22. The summed E-state index contributed by atoms with van der Waals surface area (Å²) in [5.74, 6) is 1.69. The summed E-state index contributed by atoms with van der Waals surface area (Å²) >= 11 is 4.44. The van der Waals surface area contributed by atoms with Crippen molar-refractivity contribution in [2.75, 3.05) is 12.9 Å². The number of pyridine rings is 1. The molecule has 0 aliphatic carbocycles. The fraction of sp³-hybridized carbons (Fsp3) is 0.125. The zero-order valence-corrected chi connectivity index (χ0v) is 16.2. The number of benzene rings is 3. The fourth-order valence-electron chi connectivity index (χ4n) is 3.43. The second-order valence-electron chi connectivity index (χ2n) is 6.50. The average Bonchev–Trinajstić information content (AvgIpc) is 2.72. The molecular formula is C24H22NOS+. The molecule has 0 fully saturated rings. The van der Waals surface area contributed by atoms with Crippen LogP contribution in [0.15, 0.2) is 72.8 Å². The van der Waals surface area contributed by atoms with E-state index in [-0.39, 0.29) is 0 Å². The van der Waals surface area contributed by atoms with Crippen molar-refractivity contribution in [3.63, 3.8) is 0 Å². The van der Waals surface area contributed by atoms with Gasteiger partial charge in [0.25, 0.3) is 0 Å². The molecule has 0 aliphatic rings. The number of ether oxygens (including phenoxy) is 1. The maximum absolute atomic E-state index is 5.31. The Balaban J connectivity index is 1.72. The van der Waals surface area contributed by atoms with Crippen LogP contribution in [-0.2, 0) is 6.54 Å². The molecule has 0 spiro atoms. The largest absolute Gasteiger partial charge is 0.497 e. The van der Waals surface area contributed by atoms with Gasteiger partial charge in [-0.2, -0.15) is 17.2 Å². The molecule has 3 heteroatoms. The Hall–Kier alpha value is -2.78. The van der Waals surface area contributed by atoms with Crippen LogP contribution in [0.3, 0.4) is 0 Å². The number of hydrogen-bond acceptors (Lipinski definition) is 2. The molecule has 0 radical (unpaired) electrons. The molecule has 1 heterocycles. The summed E-state index contributed by atoms with van der Waals surface area (Å²) in [6, 6.07) is 25.5. The van der Waals surface area contributed by atoms with Crippen molar-refractivity contribution < 1.29 is 9.30 Å². The molecule has 0 saturated heterocycles. The second-order valence-corrected chi connectivity index (χ2v) is 6.95. The summed E-state index contributed by atoms with van der Waals surface area (Å²) in [5, 5.41) is 3.64. The van der Waals surface area contributed by atoms with E-state index in [1.165, 1.54) is 32.9 Å². The zero-order chi connectivity index (χ0) is 18.6. The average molecular weight is 373 g/mol. The van der Waals surface area contributed by atoms with Crippen LogP contribution < -0.4 is 9.30 Å². The number of aryl methyl sites for hydroxylation is 1. The minimum Gasteiger partial charge on any atom is -0.497 e. The van der Waals surface area contributed by atoms with Crippen LogP contribution in [0.2, 0.25) is 0 Å². The highest BCUT2D eigenvalue weighted by Gasteiger charge is 2.12. The lowest BCUT2D eigenvalue weighted by atomic mass is 10.1. The Morgan fingerprint density at radius 2 is 1.63 bits per heavy atom. The molecule has 0 unspecified atom stereocenters. The van der Waals surface area contributed by atoms with Crippen LogP contribution in [0.4, 0.5) is 0 Å². The summed E-state index contributed by atoms with van der Waals surface area (Å²) in [6.45, 7) is 0.877. The van der Waals surface area contributed by atoms with Gasteiger partial charge in [0.2, 0.25) is 11.2 Å². The molecule has 2 nitrogen and oxygen atoms in total. The van der Waals surface area contributed by atoms with Gasteiger partial charge in [-0.15, -0.1) is 0 Å². The number of hydrogen-bond donors (Lipinski definition) is 1. The lowest BCUT2D eigenvalue weighted by Crippen LogP contribution is -2.38. The van der Waals surface area contributed by atoms with E-state index >= 15 is 0 Å². The molecule has 0 bridgehead atoms. The van der Waals surface area contributed by atoms with Crippen molar-refractivity contribution in [3.05, 3.63) is 84.1 Å². The first-order valence-electron chi connectivity index (χ1n) is 9.07. The Labute approximate surface area is 165 Å². The fourth-order valence-corrected chi connectivity index (χ4v) is 3.63. The molecule has 0 aliphatic heterocycles. The van der Waals surface area contributed by atoms with Gasteiger partial charge in [-0.05, 0) is 52.7 Å². The maximum Gasteiger partial charge on any atom is 0.212 e. The van der Waals surface area contributed by atoms with Crippen molar-refractivity contribution >= 4 is 46.5 Å². The Kier molecular flexibility index (Phi) is 5.12. The Morgan fingerprint density at radius 3 is 2.48 bits per heavy atom. The minimum atomic E-state index is 0.803. The summed E-state index contributed by atoms with van der Waals surface area (Å²) in [4.78, 5) is 0. The van der Waals surface area contributed by atoms with Gasteiger partial charge in [-0.3, -0.25) is 0 Å².